The molecule has 0 amide bonds. The van der Waals surface area contributed by atoms with Crippen LogP contribution in [0.1, 0.15) is 18.4 Å². The smallest absolute Gasteiger partial charge is 0.0595 e. The maximum absolute atomic E-state index is 5.93. The van der Waals surface area contributed by atoms with Crippen LogP contribution in [-0.2, 0) is 0 Å². The number of hydrogen-bond donors (Lipinski definition) is 0. The average Bonchev–Trinajstić information content (AvgIpc) is 2.09. The number of rotatable bonds is 1. The molecule has 0 aliphatic heterocycles. The molecule has 1 fully saturated rings. The third kappa shape index (κ3) is 1.88. The van der Waals surface area contributed by atoms with E-state index >= 15 is 0 Å². The van der Waals surface area contributed by atoms with E-state index in [-0.39, 0.29) is 0 Å². The molecule has 1 atom stereocenters. The second kappa shape index (κ2) is 3.80. The van der Waals surface area contributed by atoms with Crippen LogP contribution in [0, 0.1) is 5.92 Å². The highest BCUT2D eigenvalue weighted by Gasteiger charge is 2.30. The predicted octanol–water partition coefficient (Wildman–Crippen LogP) is 4.47. The Morgan fingerprint density at radius 1 is 1.23 bits per heavy atom. The first-order chi connectivity index (χ1) is 6.18. The first kappa shape index (κ1) is 9.82. The standard InChI is InChI=1S/C10H8BrCl2/c11-8-3-2-7(8)6-1-4-9(12)10(13)5-6/h1,4-5,8H,2-3H2. The summed E-state index contributed by atoms with van der Waals surface area (Å²) >= 11 is 15.3. The summed E-state index contributed by atoms with van der Waals surface area (Å²) in [5.74, 6) is 1.43. The Labute approximate surface area is 96.4 Å². The van der Waals surface area contributed by atoms with Crippen molar-refractivity contribution in [3.63, 3.8) is 0 Å². The van der Waals surface area contributed by atoms with Gasteiger partial charge in [-0.1, -0.05) is 45.2 Å². The molecule has 0 nitrogen and oxygen atoms in total. The normalized spacial score (nSPS) is 22.8. The van der Waals surface area contributed by atoms with E-state index in [1.807, 2.05) is 18.2 Å². The van der Waals surface area contributed by atoms with Crippen molar-refractivity contribution in [1.82, 2.24) is 0 Å². The Morgan fingerprint density at radius 3 is 2.46 bits per heavy atom. The molecule has 1 aromatic rings. The molecule has 1 unspecified atom stereocenters. The Morgan fingerprint density at radius 2 is 2.00 bits per heavy atom. The van der Waals surface area contributed by atoms with Crippen LogP contribution < -0.4 is 0 Å². The van der Waals surface area contributed by atoms with E-state index in [1.165, 1.54) is 17.9 Å². The lowest BCUT2D eigenvalue weighted by Crippen LogP contribution is -2.24. The van der Waals surface area contributed by atoms with Gasteiger partial charge in [-0.25, -0.2) is 0 Å². The highest BCUT2D eigenvalue weighted by Crippen LogP contribution is 2.42. The predicted molar refractivity (Wildman–Crippen MR) is 60.8 cm³/mol. The van der Waals surface area contributed by atoms with Crippen LogP contribution in [0.15, 0.2) is 18.2 Å². The van der Waals surface area contributed by atoms with Gasteiger partial charge in [0.25, 0.3) is 0 Å². The highest BCUT2D eigenvalue weighted by molar-refractivity contribution is 9.09. The molecule has 1 aliphatic carbocycles. The van der Waals surface area contributed by atoms with Gasteiger partial charge in [-0.2, -0.15) is 0 Å². The van der Waals surface area contributed by atoms with Crippen molar-refractivity contribution in [2.45, 2.75) is 17.7 Å². The average molecular weight is 279 g/mol. The van der Waals surface area contributed by atoms with Gasteiger partial charge in [-0.15, -0.1) is 0 Å². The van der Waals surface area contributed by atoms with Crippen LogP contribution in [0.5, 0.6) is 0 Å². The van der Waals surface area contributed by atoms with Crippen molar-refractivity contribution < 1.29 is 0 Å². The summed E-state index contributed by atoms with van der Waals surface area (Å²) in [6.07, 6.45) is 2.38. The van der Waals surface area contributed by atoms with E-state index in [4.69, 9.17) is 23.2 Å². The Bertz CT molecular complexity index is 325. The molecule has 1 aliphatic rings. The summed E-state index contributed by atoms with van der Waals surface area (Å²) in [7, 11) is 0. The number of benzene rings is 1. The van der Waals surface area contributed by atoms with Crippen molar-refractivity contribution in [1.29, 1.82) is 0 Å². The summed E-state index contributed by atoms with van der Waals surface area (Å²) in [6, 6.07) is 5.81. The molecular formula is C10H8BrCl2. The molecule has 0 spiro atoms. The van der Waals surface area contributed by atoms with Gasteiger partial charge < -0.3 is 0 Å². The molecule has 0 heterocycles. The van der Waals surface area contributed by atoms with E-state index in [9.17, 15) is 0 Å². The first-order valence-electron chi connectivity index (χ1n) is 4.13. The van der Waals surface area contributed by atoms with Crippen molar-refractivity contribution in [3.8, 4) is 0 Å². The minimum atomic E-state index is 0.532. The minimum absolute atomic E-state index is 0.532. The van der Waals surface area contributed by atoms with Crippen LogP contribution in [-0.4, -0.2) is 4.83 Å². The topological polar surface area (TPSA) is 0 Å². The zero-order valence-corrected chi connectivity index (χ0v) is 9.96. The van der Waals surface area contributed by atoms with Gasteiger partial charge in [0.2, 0.25) is 0 Å². The molecule has 1 saturated carbocycles. The molecule has 1 radical (unpaired) electrons. The molecule has 0 bridgehead atoms. The second-order valence-corrected chi connectivity index (χ2v) is 5.08. The molecule has 3 heteroatoms. The molecule has 1 aromatic carbocycles. The van der Waals surface area contributed by atoms with Crippen molar-refractivity contribution >= 4 is 39.1 Å². The summed E-state index contributed by atoms with van der Waals surface area (Å²) in [5, 5.41) is 1.26. The zero-order valence-electron chi connectivity index (χ0n) is 6.86. The molecule has 0 aromatic heterocycles. The van der Waals surface area contributed by atoms with Crippen molar-refractivity contribution in [3.05, 3.63) is 39.7 Å². The van der Waals surface area contributed by atoms with Gasteiger partial charge in [0, 0.05) is 10.7 Å². The number of alkyl halides is 1. The first-order valence-corrected chi connectivity index (χ1v) is 5.81. The Balaban J connectivity index is 2.26. The maximum atomic E-state index is 5.93. The Hall–Kier alpha value is 0.280. The van der Waals surface area contributed by atoms with Gasteiger partial charge >= 0.3 is 0 Å². The van der Waals surface area contributed by atoms with E-state index in [0.717, 1.165) is 6.42 Å². The third-order valence-electron chi connectivity index (χ3n) is 2.34. The van der Waals surface area contributed by atoms with Crippen LogP contribution in [0.25, 0.3) is 0 Å². The highest BCUT2D eigenvalue weighted by atomic mass is 79.9. The maximum Gasteiger partial charge on any atom is 0.0595 e. The zero-order chi connectivity index (χ0) is 9.42. The van der Waals surface area contributed by atoms with Gasteiger partial charge in [0.05, 0.1) is 10.0 Å². The monoisotopic (exact) mass is 277 g/mol. The lowest BCUT2D eigenvalue weighted by Gasteiger charge is -2.31. The summed E-state index contributed by atoms with van der Waals surface area (Å²) < 4.78 is 0. The SMILES string of the molecule is Clc1ccc([C]2CCC2Br)cc1Cl. The lowest BCUT2D eigenvalue weighted by atomic mass is 9.80. The fraction of sp³-hybridized carbons (Fsp3) is 0.300. The summed E-state index contributed by atoms with van der Waals surface area (Å²) in [4.78, 5) is 0.532. The molecular weight excluding hydrogens is 271 g/mol. The second-order valence-electron chi connectivity index (χ2n) is 3.16. The lowest BCUT2D eigenvalue weighted by molar-refractivity contribution is 0.603. The van der Waals surface area contributed by atoms with Gasteiger partial charge in [0.1, 0.15) is 0 Å². The van der Waals surface area contributed by atoms with Crippen molar-refractivity contribution in [2.24, 2.45) is 0 Å². The van der Waals surface area contributed by atoms with Crippen LogP contribution >= 0.6 is 39.1 Å². The Kier molecular flexibility index (Phi) is 2.87. The fourth-order valence-electron chi connectivity index (χ4n) is 1.42. The summed E-state index contributed by atoms with van der Waals surface area (Å²) in [5.41, 5.74) is 1.21. The number of halogens is 3. The van der Waals surface area contributed by atoms with Gasteiger partial charge in [-0.05, 0) is 30.5 Å². The molecule has 2 rings (SSSR count). The molecule has 0 saturated heterocycles. The third-order valence-corrected chi connectivity index (χ3v) is 4.09. The molecule has 0 N–H and O–H groups in total. The van der Waals surface area contributed by atoms with E-state index < -0.39 is 0 Å². The van der Waals surface area contributed by atoms with Crippen LogP contribution in [0.3, 0.4) is 0 Å². The largest absolute Gasteiger partial charge is 0.0881 e. The molecule has 69 valence electrons. The van der Waals surface area contributed by atoms with Gasteiger partial charge in [-0.3, -0.25) is 0 Å². The van der Waals surface area contributed by atoms with Crippen LogP contribution in [0.2, 0.25) is 10.0 Å². The van der Waals surface area contributed by atoms with E-state index in [1.54, 1.807) is 0 Å². The van der Waals surface area contributed by atoms with Crippen molar-refractivity contribution in [2.75, 3.05) is 0 Å². The number of hydrogen-bond acceptors (Lipinski definition) is 0. The summed E-state index contributed by atoms with van der Waals surface area (Å²) in [6.45, 7) is 0. The van der Waals surface area contributed by atoms with Crippen LogP contribution in [0.4, 0.5) is 0 Å². The van der Waals surface area contributed by atoms with E-state index in [0.29, 0.717) is 14.9 Å². The quantitative estimate of drug-likeness (QED) is 0.665. The molecule has 13 heavy (non-hydrogen) atoms. The fourth-order valence-corrected chi connectivity index (χ4v) is 2.44. The van der Waals surface area contributed by atoms with E-state index in [2.05, 4.69) is 15.9 Å². The van der Waals surface area contributed by atoms with Gasteiger partial charge in [0.15, 0.2) is 0 Å². The minimum Gasteiger partial charge on any atom is -0.0881 e.